The lowest BCUT2D eigenvalue weighted by Crippen LogP contribution is -2.19. The van der Waals surface area contributed by atoms with E-state index in [1.807, 2.05) is 0 Å². The molecule has 0 amide bonds. The van der Waals surface area contributed by atoms with Gasteiger partial charge in [-0.2, -0.15) is 26.3 Å². The smallest absolute Gasteiger partial charge is 0.316 e. The highest BCUT2D eigenvalue weighted by molar-refractivity contribution is 5.61. The van der Waals surface area contributed by atoms with Crippen LogP contribution < -0.4 is 5.32 Å². The Morgan fingerprint density at radius 1 is 0.800 bits per heavy atom. The molecule has 0 bridgehead atoms. The first-order valence-electron chi connectivity index (χ1n) is 10.1. The molecule has 1 heterocycles. The molecule has 0 saturated heterocycles. The minimum absolute atomic E-state index is 0.00751. The quantitative estimate of drug-likeness (QED) is 0.327. The van der Waals surface area contributed by atoms with E-state index >= 15 is 0 Å². The third-order valence-corrected chi connectivity index (χ3v) is 4.73. The summed E-state index contributed by atoms with van der Waals surface area (Å²) >= 11 is 0. The minimum Gasteiger partial charge on any atom is -0.316 e. The molecule has 8 heteroatoms. The predicted molar refractivity (Wildman–Crippen MR) is 105 cm³/mol. The van der Waals surface area contributed by atoms with Crippen molar-refractivity contribution < 1.29 is 26.3 Å². The van der Waals surface area contributed by atoms with Gasteiger partial charge in [0.25, 0.3) is 0 Å². The molecule has 0 aliphatic carbocycles. The van der Waals surface area contributed by atoms with E-state index in [2.05, 4.69) is 17.2 Å². The lowest BCUT2D eigenvalue weighted by atomic mass is 10.0. The number of nitrogens with zero attached hydrogens (tertiary/aromatic N) is 1. The number of aromatic nitrogens is 1. The fourth-order valence-electron chi connectivity index (χ4n) is 3.07. The molecule has 0 spiro atoms. The molecular weight excluding hydrogens is 406 g/mol. The summed E-state index contributed by atoms with van der Waals surface area (Å²) in [4.78, 5) is 3.63. The van der Waals surface area contributed by atoms with Crippen LogP contribution in [0.2, 0.25) is 0 Å². The summed E-state index contributed by atoms with van der Waals surface area (Å²) in [5, 5.41) is 3.23. The van der Waals surface area contributed by atoms with Gasteiger partial charge in [0, 0.05) is 5.56 Å². The van der Waals surface area contributed by atoms with E-state index in [0.717, 1.165) is 56.1 Å². The highest BCUT2D eigenvalue weighted by Gasteiger charge is 2.33. The van der Waals surface area contributed by atoms with Gasteiger partial charge in [-0.15, -0.1) is 0 Å². The molecule has 2 rings (SSSR count). The standard InChI is InChI=1S/C22H26F6N2/c1-2-3-4-5-6-12-29-13-11-16-14-19(30-20(15-16)22(26,27)28)17-7-9-18(10-8-17)21(23,24)25/h7-10,14-15,29H,2-6,11-13H2,1H3. The molecule has 1 N–H and O–H groups in total. The van der Waals surface area contributed by atoms with Gasteiger partial charge in [0.2, 0.25) is 0 Å². The van der Waals surface area contributed by atoms with Gasteiger partial charge in [-0.3, -0.25) is 0 Å². The molecule has 1 aromatic heterocycles. The zero-order valence-electron chi connectivity index (χ0n) is 16.8. The topological polar surface area (TPSA) is 24.9 Å². The number of rotatable bonds is 10. The van der Waals surface area contributed by atoms with Crippen LogP contribution in [0, 0.1) is 0 Å². The van der Waals surface area contributed by atoms with Crippen LogP contribution in [0.3, 0.4) is 0 Å². The number of halogens is 6. The largest absolute Gasteiger partial charge is 0.433 e. The Morgan fingerprint density at radius 3 is 2.07 bits per heavy atom. The van der Waals surface area contributed by atoms with Gasteiger partial charge < -0.3 is 5.32 Å². The average Bonchev–Trinajstić information content (AvgIpc) is 2.68. The van der Waals surface area contributed by atoms with Crippen LogP contribution in [0.4, 0.5) is 26.3 Å². The van der Waals surface area contributed by atoms with Gasteiger partial charge in [0.05, 0.1) is 11.3 Å². The number of hydrogen-bond acceptors (Lipinski definition) is 2. The maximum absolute atomic E-state index is 13.2. The first-order valence-corrected chi connectivity index (χ1v) is 10.1. The van der Waals surface area contributed by atoms with E-state index in [0.29, 0.717) is 18.5 Å². The van der Waals surface area contributed by atoms with Gasteiger partial charge in [0.15, 0.2) is 0 Å². The van der Waals surface area contributed by atoms with E-state index in [9.17, 15) is 26.3 Å². The SMILES string of the molecule is CCCCCCCNCCc1cc(-c2ccc(C(F)(F)F)cc2)nc(C(F)(F)F)c1. The molecule has 1 aromatic carbocycles. The lowest BCUT2D eigenvalue weighted by Gasteiger charge is -2.13. The molecule has 0 fully saturated rings. The van der Waals surface area contributed by atoms with E-state index < -0.39 is 23.6 Å². The molecule has 0 radical (unpaired) electrons. The molecule has 0 aliphatic heterocycles. The van der Waals surface area contributed by atoms with Crippen LogP contribution >= 0.6 is 0 Å². The van der Waals surface area contributed by atoms with Gasteiger partial charge in [-0.25, -0.2) is 4.98 Å². The Morgan fingerprint density at radius 2 is 1.47 bits per heavy atom. The fourth-order valence-corrected chi connectivity index (χ4v) is 3.07. The summed E-state index contributed by atoms with van der Waals surface area (Å²) in [7, 11) is 0. The molecule has 2 aromatic rings. The fraction of sp³-hybridized carbons (Fsp3) is 0.500. The number of unbranched alkanes of at least 4 members (excludes halogenated alkanes) is 4. The van der Waals surface area contributed by atoms with Crippen molar-refractivity contribution in [3.8, 4) is 11.3 Å². The maximum atomic E-state index is 13.2. The zero-order valence-corrected chi connectivity index (χ0v) is 16.8. The number of benzene rings is 1. The van der Waals surface area contributed by atoms with E-state index in [1.165, 1.54) is 18.9 Å². The van der Waals surface area contributed by atoms with Crippen LogP contribution in [0.25, 0.3) is 11.3 Å². The van der Waals surface area contributed by atoms with E-state index in [-0.39, 0.29) is 11.3 Å². The zero-order chi connectivity index (χ0) is 22.2. The summed E-state index contributed by atoms with van der Waals surface area (Å²) in [5.74, 6) is 0. The van der Waals surface area contributed by atoms with Crippen molar-refractivity contribution in [3.05, 3.63) is 53.2 Å². The van der Waals surface area contributed by atoms with Crippen molar-refractivity contribution in [3.63, 3.8) is 0 Å². The molecule has 30 heavy (non-hydrogen) atoms. The second kappa shape index (κ2) is 10.8. The predicted octanol–water partition coefficient (Wildman–Crippen LogP) is 6.89. The lowest BCUT2D eigenvalue weighted by molar-refractivity contribution is -0.141. The van der Waals surface area contributed by atoms with E-state index in [4.69, 9.17) is 0 Å². The Bertz CT molecular complexity index is 782. The summed E-state index contributed by atoms with van der Waals surface area (Å²) in [6.07, 6.45) is -3.10. The monoisotopic (exact) mass is 432 g/mol. The van der Waals surface area contributed by atoms with Crippen LogP contribution in [0.1, 0.15) is 55.8 Å². The molecule has 166 valence electrons. The van der Waals surface area contributed by atoms with E-state index in [1.54, 1.807) is 0 Å². The van der Waals surface area contributed by atoms with Crippen molar-refractivity contribution >= 4 is 0 Å². The first kappa shape index (κ1) is 24.2. The van der Waals surface area contributed by atoms with Crippen LogP contribution in [-0.2, 0) is 18.8 Å². The highest BCUT2D eigenvalue weighted by Crippen LogP contribution is 2.33. The van der Waals surface area contributed by atoms with Crippen molar-refractivity contribution in [2.75, 3.05) is 13.1 Å². The first-order chi connectivity index (χ1) is 14.1. The number of pyridine rings is 1. The Labute approximate surface area is 172 Å². The Hall–Kier alpha value is -2.09. The normalized spacial score (nSPS) is 12.4. The highest BCUT2D eigenvalue weighted by atomic mass is 19.4. The summed E-state index contributed by atoms with van der Waals surface area (Å²) < 4.78 is 77.9. The second-order valence-corrected chi connectivity index (χ2v) is 7.23. The maximum Gasteiger partial charge on any atom is 0.433 e. The molecular formula is C22H26F6N2. The molecule has 0 saturated carbocycles. The molecule has 0 aliphatic rings. The molecule has 2 nitrogen and oxygen atoms in total. The number of hydrogen-bond donors (Lipinski definition) is 1. The third kappa shape index (κ3) is 7.63. The molecule has 0 atom stereocenters. The van der Waals surface area contributed by atoms with Crippen LogP contribution in [0.5, 0.6) is 0 Å². The van der Waals surface area contributed by atoms with Crippen LogP contribution in [-0.4, -0.2) is 18.1 Å². The van der Waals surface area contributed by atoms with Gasteiger partial charge in [-0.05, 0) is 55.8 Å². The summed E-state index contributed by atoms with van der Waals surface area (Å²) in [5.41, 5.74) is -1.26. The van der Waals surface area contributed by atoms with Crippen molar-refractivity contribution in [2.24, 2.45) is 0 Å². The van der Waals surface area contributed by atoms with Crippen molar-refractivity contribution in [2.45, 2.75) is 57.8 Å². The number of nitrogens with one attached hydrogen (secondary N) is 1. The second-order valence-electron chi connectivity index (χ2n) is 7.23. The van der Waals surface area contributed by atoms with Gasteiger partial charge in [-0.1, -0.05) is 44.7 Å². The van der Waals surface area contributed by atoms with Crippen LogP contribution in [0.15, 0.2) is 36.4 Å². The average molecular weight is 432 g/mol. The number of alkyl halides is 6. The van der Waals surface area contributed by atoms with Crippen molar-refractivity contribution in [1.82, 2.24) is 10.3 Å². The summed E-state index contributed by atoms with van der Waals surface area (Å²) in [6, 6.07) is 6.47. The van der Waals surface area contributed by atoms with Gasteiger partial charge >= 0.3 is 12.4 Å². The Kier molecular flexibility index (Phi) is 8.70. The van der Waals surface area contributed by atoms with Gasteiger partial charge in [0.1, 0.15) is 5.69 Å². The Balaban J connectivity index is 2.08. The third-order valence-electron chi connectivity index (χ3n) is 4.73. The minimum atomic E-state index is -4.64. The van der Waals surface area contributed by atoms with Crippen molar-refractivity contribution in [1.29, 1.82) is 0 Å². The molecule has 0 unspecified atom stereocenters. The summed E-state index contributed by atoms with van der Waals surface area (Å²) in [6.45, 7) is 3.45.